The summed E-state index contributed by atoms with van der Waals surface area (Å²) in [5.74, 6) is 1.17. The Kier molecular flexibility index (Phi) is 5.33. The van der Waals surface area contributed by atoms with Gasteiger partial charge >= 0.3 is 0 Å². The molecule has 2 aliphatic rings. The Labute approximate surface area is 166 Å². The number of ether oxygens (including phenoxy) is 2. The monoisotopic (exact) mass is 378 g/mol. The topological polar surface area (TPSA) is 51.1 Å². The minimum absolute atomic E-state index is 0.0461. The quantitative estimate of drug-likeness (QED) is 0.641. The first-order valence-corrected chi connectivity index (χ1v) is 10.0. The number of unbranched alkanes of at least 4 members (excludes halogenated alkanes) is 3. The van der Waals surface area contributed by atoms with Crippen molar-refractivity contribution in [1.29, 1.82) is 0 Å². The normalized spacial score (nSPS) is 17.0. The molecule has 0 fully saturated rings. The van der Waals surface area contributed by atoms with Crippen LogP contribution in [0.3, 0.4) is 0 Å². The number of benzene rings is 2. The van der Waals surface area contributed by atoms with Crippen molar-refractivity contribution in [3.05, 3.63) is 47.5 Å². The van der Waals surface area contributed by atoms with Gasteiger partial charge in [0.05, 0.1) is 31.0 Å². The fourth-order valence-corrected chi connectivity index (χ4v) is 3.90. The molecule has 4 rings (SSSR count). The van der Waals surface area contributed by atoms with Gasteiger partial charge in [-0.2, -0.15) is 0 Å². The van der Waals surface area contributed by atoms with Crippen LogP contribution in [-0.2, 0) is 6.42 Å². The van der Waals surface area contributed by atoms with E-state index in [0.717, 1.165) is 24.9 Å². The Morgan fingerprint density at radius 1 is 1.14 bits per heavy atom. The maximum absolute atomic E-state index is 13.3. The highest BCUT2D eigenvalue weighted by molar-refractivity contribution is 6.14. The van der Waals surface area contributed by atoms with Gasteiger partial charge in [-0.1, -0.05) is 44.4 Å². The molecule has 0 saturated heterocycles. The zero-order chi connectivity index (χ0) is 19.5. The number of amides is 1. The lowest BCUT2D eigenvalue weighted by atomic mass is 10.1. The fraction of sp³-hybridized carbons (Fsp3) is 0.391. The van der Waals surface area contributed by atoms with E-state index in [1.807, 2.05) is 35.4 Å². The summed E-state index contributed by atoms with van der Waals surface area (Å²) in [6.45, 7) is 2.82. The Balaban J connectivity index is 1.62. The molecular formula is C23H26N2O3. The van der Waals surface area contributed by atoms with E-state index in [9.17, 15) is 4.79 Å². The van der Waals surface area contributed by atoms with Gasteiger partial charge in [0.2, 0.25) is 0 Å². The van der Waals surface area contributed by atoms with E-state index in [-0.39, 0.29) is 11.9 Å². The van der Waals surface area contributed by atoms with Crippen LogP contribution < -0.4 is 14.4 Å². The van der Waals surface area contributed by atoms with Gasteiger partial charge in [0.1, 0.15) is 0 Å². The van der Waals surface area contributed by atoms with Crippen molar-refractivity contribution in [2.24, 2.45) is 4.99 Å². The van der Waals surface area contributed by atoms with Crippen molar-refractivity contribution in [3.63, 3.8) is 0 Å². The molecule has 5 nitrogen and oxygen atoms in total. The fourth-order valence-electron chi connectivity index (χ4n) is 3.90. The number of fused-ring (bicyclic) bond motifs is 4. The first-order valence-electron chi connectivity index (χ1n) is 10.0. The summed E-state index contributed by atoms with van der Waals surface area (Å²) in [4.78, 5) is 19.8. The molecule has 1 atom stereocenters. The SMILES string of the molecule is CCCCCCOc1cc2c(cc1OC)C(=O)N1c3ccccc3CC1C=N2. The average Bonchev–Trinajstić information content (AvgIpc) is 3.03. The third-order valence-corrected chi connectivity index (χ3v) is 5.38. The second-order valence-corrected chi connectivity index (χ2v) is 7.28. The number of hydrogen-bond acceptors (Lipinski definition) is 4. The molecule has 2 aromatic carbocycles. The number of carbonyl (C=O) groups excluding carboxylic acids is 1. The van der Waals surface area contributed by atoms with E-state index in [1.165, 1.54) is 18.4 Å². The van der Waals surface area contributed by atoms with Crippen LogP contribution in [0.1, 0.15) is 48.5 Å². The van der Waals surface area contributed by atoms with Crippen LogP contribution in [0.2, 0.25) is 0 Å². The molecule has 1 amide bonds. The maximum atomic E-state index is 13.3. The van der Waals surface area contributed by atoms with Crippen LogP contribution in [0.15, 0.2) is 41.4 Å². The molecule has 0 N–H and O–H groups in total. The molecule has 2 aromatic rings. The third-order valence-electron chi connectivity index (χ3n) is 5.38. The van der Waals surface area contributed by atoms with Crippen molar-refractivity contribution < 1.29 is 14.3 Å². The van der Waals surface area contributed by atoms with Crippen LogP contribution in [-0.4, -0.2) is 31.9 Å². The summed E-state index contributed by atoms with van der Waals surface area (Å²) in [6.07, 6.45) is 7.22. The maximum Gasteiger partial charge on any atom is 0.261 e. The number of para-hydroxylation sites is 1. The highest BCUT2D eigenvalue weighted by atomic mass is 16.5. The zero-order valence-corrected chi connectivity index (χ0v) is 16.5. The summed E-state index contributed by atoms with van der Waals surface area (Å²) in [7, 11) is 1.60. The molecule has 146 valence electrons. The summed E-state index contributed by atoms with van der Waals surface area (Å²) < 4.78 is 11.5. The van der Waals surface area contributed by atoms with Gasteiger partial charge in [-0.15, -0.1) is 0 Å². The summed E-state index contributed by atoms with van der Waals surface area (Å²) in [6, 6.07) is 11.6. The molecule has 5 heteroatoms. The van der Waals surface area contributed by atoms with Gasteiger partial charge in [0.25, 0.3) is 5.91 Å². The summed E-state index contributed by atoms with van der Waals surface area (Å²) in [5.41, 5.74) is 3.33. The first kappa shape index (κ1) is 18.5. The third kappa shape index (κ3) is 3.37. The Morgan fingerprint density at radius 3 is 2.82 bits per heavy atom. The molecule has 0 aromatic heterocycles. The smallest absolute Gasteiger partial charge is 0.261 e. The summed E-state index contributed by atoms with van der Waals surface area (Å²) in [5, 5.41) is 0. The number of hydrogen-bond donors (Lipinski definition) is 0. The molecule has 0 bridgehead atoms. The molecule has 2 heterocycles. The average molecular weight is 378 g/mol. The Bertz CT molecular complexity index is 907. The van der Waals surface area contributed by atoms with Crippen molar-refractivity contribution >= 4 is 23.5 Å². The van der Waals surface area contributed by atoms with Gasteiger partial charge < -0.3 is 9.47 Å². The van der Waals surface area contributed by atoms with Gasteiger partial charge in [0, 0.05) is 24.4 Å². The first-order chi connectivity index (χ1) is 13.7. The molecular weight excluding hydrogens is 352 g/mol. The van der Waals surface area contributed by atoms with Crippen LogP contribution >= 0.6 is 0 Å². The van der Waals surface area contributed by atoms with E-state index < -0.39 is 0 Å². The van der Waals surface area contributed by atoms with E-state index >= 15 is 0 Å². The predicted molar refractivity (Wildman–Crippen MR) is 112 cm³/mol. The van der Waals surface area contributed by atoms with Crippen molar-refractivity contribution in [2.75, 3.05) is 18.6 Å². The number of rotatable bonds is 7. The van der Waals surface area contributed by atoms with E-state index in [4.69, 9.17) is 9.47 Å². The van der Waals surface area contributed by atoms with Crippen molar-refractivity contribution in [3.8, 4) is 11.5 Å². The van der Waals surface area contributed by atoms with Gasteiger partial charge in [-0.3, -0.25) is 14.7 Å². The van der Waals surface area contributed by atoms with Crippen LogP contribution in [0, 0.1) is 0 Å². The number of nitrogens with zero attached hydrogens (tertiary/aromatic N) is 2. The molecule has 0 spiro atoms. The lowest BCUT2D eigenvalue weighted by Gasteiger charge is -2.22. The minimum Gasteiger partial charge on any atom is -0.493 e. The van der Waals surface area contributed by atoms with E-state index in [1.54, 1.807) is 13.2 Å². The van der Waals surface area contributed by atoms with E-state index in [2.05, 4.69) is 18.0 Å². The standard InChI is InChI=1S/C23H26N2O3/c1-3-4-5-8-11-28-22-14-19-18(13-21(22)27-2)23(26)25-17(15-24-19)12-16-9-6-7-10-20(16)25/h6-7,9-10,13-15,17H,3-5,8,11-12H2,1-2H3. The number of methoxy groups -OCH3 is 1. The van der Waals surface area contributed by atoms with Gasteiger partial charge in [0.15, 0.2) is 11.5 Å². The summed E-state index contributed by atoms with van der Waals surface area (Å²) >= 11 is 0. The Morgan fingerprint density at radius 2 is 2.00 bits per heavy atom. The van der Waals surface area contributed by atoms with E-state index in [0.29, 0.717) is 29.4 Å². The van der Waals surface area contributed by atoms with Gasteiger partial charge in [-0.25, -0.2) is 0 Å². The highest BCUT2D eigenvalue weighted by Gasteiger charge is 2.36. The Hall–Kier alpha value is -2.82. The predicted octanol–water partition coefficient (Wildman–Crippen LogP) is 4.94. The lowest BCUT2D eigenvalue weighted by molar-refractivity contribution is 0.0986. The van der Waals surface area contributed by atoms with Crippen LogP contribution in [0.5, 0.6) is 11.5 Å². The second-order valence-electron chi connectivity index (χ2n) is 7.28. The van der Waals surface area contributed by atoms with Crippen LogP contribution in [0.25, 0.3) is 0 Å². The number of anilines is 1. The number of aliphatic imine (C=N–C) groups is 1. The second kappa shape index (κ2) is 8.05. The molecule has 28 heavy (non-hydrogen) atoms. The largest absolute Gasteiger partial charge is 0.493 e. The molecule has 1 unspecified atom stereocenters. The molecule has 2 aliphatic heterocycles. The zero-order valence-electron chi connectivity index (χ0n) is 16.5. The van der Waals surface area contributed by atoms with Crippen LogP contribution in [0.4, 0.5) is 11.4 Å². The van der Waals surface area contributed by atoms with Gasteiger partial charge in [-0.05, 0) is 24.1 Å². The molecule has 0 radical (unpaired) electrons. The number of carbonyl (C=O) groups is 1. The minimum atomic E-state index is -0.0540. The molecule has 0 saturated carbocycles. The molecule has 0 aliphatic carbocycles. The van der Waals surface area contributed by atoms with Crippen molar-refractivity contribution in [2.45, 2.75) is 45.1 Å². The van der Waals surface area contributed by atoms with Crippen molar-refractivity contribution in [1.82, 2.24) is 0 Å². The highest BCUT2D eigenvalue weighted by Crippen LogP contribution is 2.40. The lowest BCUT2D eigenvalue weighted by Crippen LogP contribution is -2.37.